The molecule has 0 aromatic rings. The predicted octanol–water partition coefficient (Wildman–Crippen LogP) is -18.8. The molecule has 116 heavy (non-hydrogen) atoms. The van der Waals surface area contributed by atoms with Gasteiger partial charge in [0, 0.05) is 34.6 Å². The Morgan fingerprint density at radius 2 is 0.431 bits per heavy atom. The number of nitrogens with one attached hydrogen (secondary N) is 5. The third-order valence-corrected chi connectivity index (χ3v) is 21.1. The Morgan fingerprint density at radius 3 is 0.759 bits per heavy atom. The minimum absolute atomic E-state index is 0.500. The van der Waals surface area contributed by atoms with Crippen LogP contribution in [0.25, 0.3) is 0 Å². The Balaban J connectivity index is 0.000000298. The molecule has 0 aliphatic carbocycles. The van der Waals surface area contributed by atoms with Gasteiger partial charge in [-0.05, 0) is 13.8 Å². The summed E-state index contributed by atoms with van der Waals surface area (Å²) in [6, 6.07) is -6.79. The third-order valence-electron chi connectivity index (χ3n) is 21.1. The highest BCUT2D eigenvalue weighted by Crippen LogP contribution is 2.39. The average Bonchev–Trinajstić information content (AvgIpc) is 0.771. The van der Waals surface area contributed by atoms with E-state index in [2.05, 4.69) is 26.6 Å². The summed E-state index contributed by atoms with van der Waals surface area (Å²) in [7, 11) is 0. The van der Waals surface area contributed by atoms with Crippen LogP contribution in [-0.4, -0.2) is 487 Å². The normalized spacial score (nSPS) is 47.4. The third kappa shape index (κ3) is 22.2. The van der Waals surface area contributed by atoms with Crippen molar-refractivity contribution < 1.29 is 222 Å². The molecule has 0 bridgehead atoms. The fourth-order valence-corrected chi connectivity index (χ4v) is 15.1. The Kier molecular flexibility index (Phi) is 36.2. The maximum Gasteiger partial charge on any atom is 0.217 e. The quantitative estimate of drug-likeness (QED) is 0.0346. The smallest absolute Gasteiger partial charge is 0.217 e. The van der Waals surface area contributed by atoms with Gasteiger partial charge in [-0.15, -0.1) is 0 Å². The molecule has 5 amide bonds. The largest absolute Gasteiger partial charge is 0.394 e. The summed E-state index contributed by atoms with van der Waals surface area (Å²) in [5.74, 6) is -3.23. The lowest BCUT2D eigenvalue weighted by Crippen LogP contribution is -2.70. The average molecular weight is 1700 g/mol. The topological polar surface area (TPSA) is 779 Å². The molecule has 20 unspecified atom stereocenters. The first-order valence-electron chi connectivity index (χ1n) is 37.3. The van der Waals surface area contributed by atoms with E-state index in [1.165, 1.54) is 20.8 Å². The van der Waals surface area contributed by atoms with Gasteiger partial charge in [0.2, 0.25) is 29.5 Å². The van der Waals surface area contributed by atoms with E-state index in [9.17, 15) is 147 Å². The van der Waals surface area contributed by atoms with Gasteiger partial charge >= 0.3 is 0 Å². The van der Waals surface area contributed by atoms with Crippen molar-refractivity contribution >= 4 is 29.5 Å². The number of carbonyl (C=O) groups is 5. The van der Waals surface area contributed by atoms with Crippen molar-refractivity contribution in [2.24, 2.45) is 0 Å². The van der Waals surface area contributed by atoms with Gasteiger partial charge in [-0.1, -0.05) is 0 Å². The molecule has 9 aliphatic heterocycles. The Bertz CT molecular complexity index is 3080. The molecule has 0 aromatic carbocycles. The molecule has 672 valence electrons. The van der Waals surface area contributed by atoms with Crippen molar-refractivity contribution in [1.29, 1.82) is 0 Å². The standard InChI is InChI=1S/C37H63N3O25.C29H50N2O20/c1-10-19(38-11(2)46)26(53)30(17(8-44)57-10)62-35-21(40-13(4)48)27(54)31(18(9-45)61-35)63-36-29(56)32(24(51)16(7-43)59-36)64-37-33(28(55)23(50)15(6-42)60-37)65-34-20(39-12(3)47)25(52)22(49)14(5-41)58-34;1-8-15(30-9(2)36)19(40)24(13(6-34)45-8)49-27-16(31-10(3)37)20(41)25(14(7-35)48-27)50-29-23(44)26(18(39)12(5-33)47-29)51-28-22(43)21(42)17(38)11(4-32)46-28/h10,14-37,41-45,49-56H,5-9H2,1-4H3,(H,38,46)(H,39,47)(H,40,48);8,11-29,32-35,38-44H,4-7H2,1-3H3,(H,30,36)(H,31,37)/t10-,14?,15?,16?,17?,18?,19?,20?,21?,22+,23+,24+,25+,26+,27+,28?,29?,30+,31+,32-,33?,34-,35-,36-,37+;8-,11-,12?,13?,14?,15?,16?,17?,18+,19+,20+,21?,22?,23?,24+,25+,26-,27-,28+,29-/m00/s1. The van der Waals surface area contributed by atoms with Crippen molar-refractivity contribution in [3.05, 3.63) is 0 Å². The molecule has 0 aromatic heterocycles. The van der Waals surface area contributed by atoms with Gasteiger partial charge in [-0.2, -0.15) is 0 Å². The van der Waals surface area contributed by atoms with Crippen LogP contribution in [0.5, 0.6) is 0 Å². The second-order valence-electron chi connectivity index (χ2n) is 29.4. The van der Waals surface area contributed by atoms with E-state index >= 15 is 0 Å². The minimum atomic E-state index is -2.17. The number of aliphatic hydroxyl groups is 24. The van der Waals surface area contributed by atoms with Crippen LogP contribution in [0.2, 0.25) is 0 Å². The Labute approximate surface area is 660 Å². The van der Waals surface area contributed by atoms with Crippen molar-refractivity contribution in [2.45, 2.75) is 324 Å². The molecule has 0 saturated carbocycles. The van der Waals surface area contributed by atoms with Gasteiger partial charge in [0.1, 0.15) is 207 Å². The van der Waals surface area contributed by atoms with Crippen LogP contribution in [0.15, 0.2) is 0 Å². The fraction of sp³-hybridized carbons (Fsp3) is 0.924. The summed E-state index contributed by atoms with van der Waals surface area (Å²) in [6.45, 7) is 1.06. The number of amides is 5. The number of rotatable bonds is 28. The van der Waals surface area contributed by atoms with Crippen LogP contribution >= 0.6 is 0 Å². The van der Waals surface area contributed by atoms with E-state index in [1.807, 2.05) is 0 Å². The molecule has 9 aliphatic rings. The van der Waals surface area contributed by atoms with Crippen LogP contribution in [0.4, 0.5) is 0 Å². The van der Waals surface area contributed by atoms with E-state index in [0.717, 1.165) is 20.8 Å². The Morgan fingerprint density at radius 1 is 0.216 bits per heavy atom. The molecule has 50 nitrogen and oxygen atoms in total. The molecule has 9 fully saturated rings. The molecular formula is C66H113N5O45. The maximum absolute atomic E-state index is 12.5. The summed E-state index contributed by atoms with van der Waals surface area (Å²) < 4.78 is 92.3. The lowest BCUT2D eigenvalue weighted by molar-refractivity contribution is -0.391. The highest BCUT2D eigenvalue weighted by molar-refractivity contribution is 5.75. The molecule has 0 spiro atoms. The van der Waals surface area contributed by atoms with Crippen LogP contribution in [0, 0.1) is 0 Å². The van der Waals surface area contributed by atoms with Crippen molar-refractivity contribution in [3.8, 4) is 0 Å². The van der Waals surface area contributed by atoms with E-state index < -0.39 is 365 Å². The van der Waals surface area contributed by atoms with Gasteiger partial charge < -0.3 is 225 Å². The van der Waals surface area contributed by atoms with Crippen LogP contribution in [0.1, 0.15) is 48.5 Å². The van der Waals surface area contributed by atoms with Gasteiger partial charge in [0.05, 0.1) is 83.8 Å². The summed E-state index contributed by atoms with van der Waals surface area (Å²) >= 11 is 0. The first-order valence-corrected chi connectivity index (χ1v) is 37.3. The van der Waals surface area contributed by atoms with Crippen molar-refractivity contribution in [2.75, 3.05) is 59.5 Å². The molecule has 29 N–H and O–H groups in total. The molecule has 0 radical (unpaired) electrons. The first kappa shape index (κ1) is 97.2. The molecule has 50 heteroatoms. The van der Waals surface area contributed by atoms with E-state index in [4.69, 9.17) is 75.8 Å². The second kappa shape index (κ2) is 43.2. The van der Waals surface area contributed by atoms with Gasteiger partial charge in [0.25, 0.3) is 0 Å². The SMILES string of the molecule is CC(=O)NC1[C@H](OC2C(O)[C@H](O)C(CO)O[C@@H]2O[C@@H]2C(O)[C@H](O[C@@H]3C(CO)O[C@@H](O[C@@H]4C(CO)O[C@@H](C)C(NC(C)=O)[C@H]4O)C(NC(C)=O)[C@H]3O)OC(CO)[C@H]2O)OC(CO)[C@@H](O)[C@@H]1O.CC(=O)NC1[C@H](O[C@@H]2C(CO)O[C@@H](C)C(NC(C)=O)[C@H]2O)OC(CO)[C@@H](O[C@@H]2OC(CO)[C@@H](O)[C@H](O[C@H]3O[C@@H](CO)C(O)C(O)C3O)C2O)[C@@H]1O. The number of carbonyl (C=O) groups excluding carboxylic acids is 5. The van der Waals surface area contributed by atoms with E-state index in [-0.39, 0.29) is 0 Å². The van der Waals surface area contributed by atoms with Gasteiger partial charge in [-0.3, -0.25) is 24.0 Å². The highest BCUT2D eigenvalue weighted by Gasteiger charge is 2.60. The van der Waals surface area contributed by atoms with Gasteiger partial charge in [-0.25, -0.2) is 0 Å². The van der Waals surface area contributed by atoms with Gasteiger partial charge in [0.15, 0.2) is 44.0 Å². The molecule has 9 rings (SSSR count). The molecular weight excluding hydrogens is 1580 g/mol. The zero-order chi connectivity index (χ0) is 86.1. The summed E-state index contributed by atoms with van der Waals surface area (Å²) in [5.41, 5.74) is 0. The van der Waals surface area contributed by atoms with E-state index in [1.54, 1.807) is 6.92 Å². The predicted molar refractivity (Wildman–Crippen MR) is 365 cm³/mol. The maximum atomic E-state index is 12.5. The zero-order valence-corrected chi connectivity index (χ0v) is 63.7. The van der Waals surface area contributed by atoms with E-state index in [0.29, 0.717) is 0 Å². The zero-order valence-electron chi connectivity index (χ0n) is 63.7. The molecule has 45 atom stereocenters. The van der Waals surface area contributed by atoms with Crippen molar-refractivity contribution in [3.63, 3.8) is 0 Å². The second-order valence-corrected chi connectivity index (χ2v) is 29.4. The minimum Gasteiger partial charge on any atom is -0.394 e. The van der Waals surface area contributed by atoms with Crippen LogP contribution in [-0.2, 0) is 99.8 Å². The lowest BCUT2D eigenvalue weighted by atomic mass is 9.92. The van der Waals surface area contributed by atoms with Crippen LogP contribution in [0.3, 0.4) is 0 Å². The summed E-state index contributed by atoms with van der Waals surface area (Å²) in [5, 5.41) is 267. The number of hydrogen-bond acceptors (Lipinski definition) is 45. The van der Waals surface area contributed by atoms with Crippen molar-refractivity contribution in [1.82, 2.24) is 26.6 Å². The fourth-order valence-electron chi connectivity index (χ4n) is 15.1. The lowest BCUT2D eigenvalue weighted by Gasteiger charge is -2.50. The first-order chi connectivity index (χ1) is 54.8. The number of ether oxygens (including phenoxy) is 16. The monoisotopic (exact) mass is 1700 g/mol. The molecule has 9 saturated heterocycles. The highest BCUT2D eigenvalue weighted by atomic mass is 16.8. The molecule has 9 heterocycles. The number of aliphatic hydroxyl groups excluding tert-OH is 24. The summed E-state index contributed by atoms with van der Waals surface area (Å²) in [4.78, 5) is 60.5. The van der Waals surface area contributed by atoms with Crippen LogP contribution < -0.4 is 26.6 Å². The number of hydrogen-bond donors (Lipinski definition) is 29. The summed E-state index contributed by atoms with van der Waals surface area (Å²) in [6.07, 6.45) is -67.8. The Hall–Kier alpha value is -4.25.